The molecule has 0 spiro atoms. The Balaban J connectivity index is 2.29. The lowest BCUT2D eigenvalue weighted by atomic mass is 10.2. The highest BCUT2D eigenvalue weighted by Gasteiger charge is 2.19. The number of aryl methyl sites for hydroxylation is 1. The highest BCUT2D eigenvalue weighted by Crippen LogP contribution is 2.27. The molecule has 0 aliphatic rings. The van der Waals surface area contributed by atoms with Crippen LogP contribution in [0.3, 0.4) is 0 Å². The van der Waals surface area contributed by atoms with Gasteiger partial charge in [0.2, 0.25) is 0 Å². The van der Waals surface area contributed by atoms with Crippen LogP contribution in [0.2, 0.25) is 0 Å². The second-order valence-electron chi connectivity index (χ2n) is 5.58. The van der Waals surface area contributed by atoms with E-state index in [9.17, 15) is 13.6 Å². The molecular formula is C17H20F2N2O2. The number of aromatic nitrogens is 1. The first-order valence-electron chi connectivity index (χ1n) is 7.35. The standard InChI is InChI=1S/C17H20F2N2O2/c1-10(2)21-11(3)9-13(12(21)4)16(22)20-14-7-5-6-8-15(14)23-17(18)19/h5-10,17H,1-4H3,(H,20,22). The molecule has 1 amide bonds. The summed E-state index contributed by atoms with van der Waals surface area (Å²) in [6.45, 7) is 4.92. The van der Waals surface area contributed by atoms with Gasteiger partial charge in [-0.3, -0.25) is 4.79 Å². The number of ether oxygens (including phenoxy) is 1. The van der Waals surface area contributed by atoms with Crippen molar-refractivity contribution in [3.05, 3.63) is 47.3 Å². The van der Waals surface area contributed by atoms with Crippen molar-refractivity contribution in [1.29, 1.82) is 0 Å². The summed E-state index contributed by atoms with van der Waals surface area (Å²) in [5, 5.41) is 2.64. The maximum Gasteiger partial charge on any atom is 0.387 e. The van der Waals surface area contributed by atoms with Crippen molar-refractivity contribution >= 4 is 11.6 Å². The van der Waals surface area contributed by atoms with Gasteiger partial charge in [-0.05, 0) is 45.9 Å². The maximum atomic E-state index is 12.5. The fourth-order valence-corrected chi connectivity index (χ4v) is 2.76. The van der Waals surface area contributed by atoms with E-state index in [0.717, 1.165) is 11.4 Å². The second kappa shape index (κ2) is 6.81. The lowest BCUT2D eigenvalue weighted by Gasteiger charge is -2.14. The molecule has 0 saturated heterocycles. The lowest BCUT2D eigenvalue weighted by Crippen LogP contribution is -2.15. The van der Waals surface area contributed by atoms with Gasteiger partial charge >= 0.3 is 6.61 Å². The van der Waals surface area contributed by atoms with Crippen molar-refractivity contribution in [3.8, 4) is 5.75 Å². The van der Waals surface area contributed by atoms with Crippen molar-refractivity contribution in [3.63, 3.8) is 0 Å². The smallest absolute Gasteiger partial charge is 0.387 e. The van der Waals surface area contributed by atoms with Gasteiger partial charge in [-0.2, -0.15) is 8.78 Å². The van der Waals surface area contributed by atoms with Crippen LogP contribution in [0.25, 0.3) is 0 Å². The Kier molecular flexibility index (Phi) is 5.03. The van der Waals surface area contributed by atoms with Gasteiger partial charge in [-0.25, -0.2) is 0 Å². The van der Waals surface area contributed by atoms with Gasteiger partial charge in [0.1, 0.15) is 5.75 Å². The number of hydrogen-bond acceptors (Lipinski definition) is 2. The van der Waals surface area contributed by atoms with Crippen molar-refractivity contribution < 1.29 is 18.3 Å². The average molecular weight is 322 g/mol. The van der Waals surface area contributed by atoms with E-state index < -0.39 is 6.61 Å². The Morgan fingerprint density at radius 2 is 1.87 bits per heavy atom. The van der Waals surface area contributed by atoms with Gasteiger partial charge in [0.25, 0.3) is 5.91 Å². The normalized spacial score (nSPS) is 11.1. The quantitative estimate of drug-likeness (QED) is 0.878. The second-order valence-corrected chi connectivity index (χ2v) is 5.58. The monoisotopic (exact) mass is 322 g/mol. The van der Waals surface area contributed by atoms with Gasteiger partial charge < -0.3 is 14.6 Å². The molecule has 2 rings (SSSR count). The number of amides is 1. The SMILES string of the molecule is Cc1cc(C(=O)Nc2ccccc2OC(F)F)c(C)n1C(C)C. The number of hydrogen-bond donors (Lipinski definition) is 1. The summed E-state index contributed by atoms with van der Waals surface area (Å²) in [4.78, 5) is 12.5. The van der Waals surface area contributed by atoms with Crippen LogP contribution >= 0.6 is 0 Å². The Labute approximate surface area is 134 Å². The minimum atomic E-state index is -2.95. The number of benzene rings is 1. The van der Waals surface area contributed by atoms with E-state index >= 15 is 0 Å². The Bertz CT molecular complexity index is 709. The molecule has 1 aromatic heterocycles. The van der Waals surface area contributed by atoms with E-state index in [2.05, 4.69) is 14.6 Å². The van der Waals surface area contributed by atoms with Crippen molar-refractivity contribution in [2.75, 3.05) is 5.32 Å². The summed E-state index contributed by atoms with van der Waals surface area (Å²) in [5.41, 5.74) is 2.54. The summed E-state index contributed by atoms with van der Waals surface area (Å²) in [5.74, 6) is -0.413. The molecule has 6 heteroatoms. The maximum absolute atomic E-state index is 12.5. The molecule has 0 aliphatic carbocycles. The van der Waals surface area contributed by atoms with E-state index in [-0.39, 0.29) is 23.4 Å². The predicted molar refractivity (Wildman–Crippen MR) is 85.3 cm³/mol. The first-order valence-corrected chi connectivity index (χ1v) is 7.35. The third-order valence-corrected chi connectivity index (χ3v) is 3.60. The molecule has 0 fully saturated rings. The molecule has 124 valence electrons. The van der Waals surface area contributed by atoms with Gasteiger partial charge in [-0.1, -0.05) is 12.1 Å². The van der Waals surface area contributed by atoms with Crippen LogP contribution in [-0.2, 0) is 0 Å². The largest absolute Gasteiger partial charge is 0.433 e. The third-order valence-electron chi connectivity index (χ3n) is 3.60. The first-order chi connectivity index (χ1) is 10.8. The molecule has 1 aromatic carbocycles. The van der Waals surface area contributed by atoms with Crippen LogP contribution < -0.4 is 10.1 Å². The Morgan fingerprint density at radius 1 is 1.22 bits per heavy atom. The molecule has 0 saturated carbocycles. The summed E-state index contributed by atoms with van der Waals surface area (Å²) >= 11 is 0. The van der Waals surface area contributed by atoms with E-state index in [4.69, 9.17) is 0 Å². The number of anilines is 1. The molecule has 2 aromatic rings. The lowest BCUT2D eigenvalue weighted by molar-refractivity contribution is -0.0493. The summed E-state index contributed by atoms with van der Waals surface area (Å²) in [6, 6.07) is 8.15. The van der Waals surface area contributed by atoms with Gasteiger partial charge in [-0.15, -0.1) is 0 Å². The number of nitrogens with zero attached hydrogens (tertiary/aromatic N) is 1. The molecule has 23 heavy (non-hydrogen) atoms. The number of para-hydroxylation sites is 2. The fraction of sp³-hybridized carbons (Fsp3) is 0.353. The number of carbonyl (C=O) groups excluding carboxylic acids is 1. The zero-order valence-electron chi connectivity index (χ0n) is 13.6. The van der Waals surface area contributed by atoms with E-state index in [1.165, 1.54) is 12.1 Å². The summed E-state index contributed by atoms with van der Waals surface area (Å²) in [6.07, 6.45) is 0. The van der Waals surface area contributed by atoms with E-state index in [0.29, 0.717) is 5.56 Å². The highest BCUT2D eigenvalue weighted by molar-refractivity contribution is 6.06. The Hall–Kier alpha value is -2.37. The molecule has 1 N–H and O–H groups in total. The predicted octanol–water partition coefficient (Wildman–Crippen LogP) is 4.54. The molecule has 0 radical (unpaired) electrons. The number of carbonyl (C=O) groups is 1. The zero-order chi connectivity index (χ0) is 17.1. The average Bonchev–Trinajstić information content (AvgIpc) is 2.75. The zero-order valence-corrected chi connectivity index (χ0v) is 13.6. The topological polar surface area (TPSA) is 43.3 Å². The molecule has 1 heterocycles. The number of alkyl halides is 2. The molecular weight excluding hydrogens is 302 g/mol. The first kappa shape index (κ1) is 17.0. The fourth-order valence-electron chi connectivity index (χ4n) is 2.76. The van der Waals surface area contributed by atoms with Crippen LogP contribution in [0.1, 0.15) is 41.6 Å². The van der Waals surface area contributed by atoms with Crippen molar-refractivity contribution in [2.45, 2.75) is 40.3 Å². The third kappa shape index (κ3) is 3.70. The number of nitrogens with one attached hydrogen (secondary N) is 1. The van der Waals surface area contributed by atoms with E-state index in [1.807, 2.05) is 27.7 Å². The van der Waals surface area contributed by atoms with Crippen LogP contribution in [-0.4, -0.2) is 17.1 Å². The van der Waals surface area contributed by atoms with Crippen molar-refractivity contribution in [2.24, 2.45) is 0 Å². The minimum Gasteiger partial charge on any atom is -0.433 e. The molecule has 0 atom stereocenters. The van der Waals surface area contributed by atoms with E-state index in [1.54, 1.807) is 18.2 Å². The van der Waals surface area contributed by atoms with Gasteiger partial charge in [0.15, 0.2) is 0 Å². The van der Waals surface area contributed by atoms with Crippen LogP contribution in [0, 0.1) is 13.8 Å². The Morgan fingerprint density at radius 3 is 2.43 bits per heavy atom. The summed E-state index contributed by atoms with van der Waals surface area (Å²) in [7, 11) is 0. The molecule has 0 bridgehead atoms. The van der Waals surface area contributed by atoms with Crippen LogP contribution in [0.5, 0.6) is 5.75 Å². The highest BCUT2D eigenvalue weighted by atomic mass is 19.3. The number of rotatable bonds is 5. The summed E-state index contributed by atoms with van der Waals surface area (Å²) < 4.78 is 31.3. The molecule has 4 nitrogen and oxygen atoms in total. The molecule has 0 unspecified atom stereocenters. The van der Waals surface area contributed by atoms with Crippen LogP contribution in [0.15, 0.2) is 30.3 Å². The van der Waals surface area contributed by atoms with Gasteiger partial charge in [0, 0.05) is 17.4 Å². The van der Waals surface area contributed by atoms with Gasteiger partial charge in [0.05, 0.1) is 11.3 Å². The minimum absolute atomic E-state index is 0.0616. The van der Waals surface area contributed by atoms with Crippen LogP contribution in [0.4, 0.5) is 14.5 Å². The number of halogens is 2. The molecule has 0 aliphatic heterocycles. The van der Waals surface area contributed by atoms with Crippen molar-refractivity contribution in [1.82, 2.24) is 4.57 Å².